The van der Waals surface area contributed by atoms with E-state index >= 15 is 0 Å². The van der Waals surface area contributed by atoms with Crippen LogP contribution in [0.3, 0.4) is 0 Å². The molecule has 0 aliphatic heterocycles. The Hall–Kier alpha value is -2.75. The maximum atomic E-state index is 6.85. The summed E-state index contributed by atoms with van der Waals surface area (Å²) in [6, 6.07) is 29.8. The average molecular weight is 735 g/mol. The minimum atomic E-state index is -0.590. The number of nitrogens with zero attached hydrogens (tertiary/aromatic N) is 2. The van der Waals surface area contributed by atoms with E-state index in [1.807, 2.05) is 64.1 Å². The van der Waals surface area contributed by atoms with E-state index in [0.29, 0.717) is 0 Å². The third-order valence-electron chi connectivity index (χ3n) is 7.35. The SMILES string of the molecule is C[SiH](C)c1ccccc1[SiH](C)C.C[Si](C)c1ccccc1[Si](C)C.[C-]#[N+]c1c(C)cccc1C.[C-]#[N+]c1c(C)cccc1C.[CH3-].[CH3-].[Fe+4]. The van der Waals surface area contributed by atoms with Gasteiger partial charge in [0.1, 0.15) is 0 Å². The molecule has 0 aliphatic rings. The van der Waals surface area contributed by atoms with E-state index in [0.717, 1.165) is 33.6 Å². The Kier molecular flexibility index (Phi) is 26.2. The third kappa shape index (κ3) is 16.3. The van der Waals surface area contributed by atoms with Crippen LogP contribution in [0.1, 0.15) is 22.3 Å². The second-order valence-electron chi connectivity index (χ2n) is 12.2. The topological polar surface area (TPSA) is 8.72 Å². The molecular formula is C40H58FeN2Si4+2. The summed E-state index contributed by atoms with van der Waals surface area (Å²) < 4.78 is 0. The molecule has 0 spiro atoms. The van der Waals surface area contributed by atoms with Gasteiger partial charge in [-0.05, 0) is 49.9 Å². The summed E-state index contributed by atoms with van der Waals surface area (Å²) >= 11 is 0. The van der Waals surface area contributed by atoms with Gasteiger partial charge >= 0.3 is 17.1 Å². The van der Waals surface area contributed by atoms with Crippen LogP contribution in [0.4, 0.5) is 11.4 Å². The van der Waals surface area contributed by atoms with Crippen molar-refractivity contribution in [1.82, 2.24) is 0 Å². The smallest absolute Gasteiger partial charge is 0.358 e. The fraction of sp³-hybridized carbons (Fsp3) is 0.300. The second kappa shape index (κ2) is 25.3. The molecule has 0 fully saturated rings. The van der Waals surface area contributed by atoms with Gasteiger partial charge in [-0.25, -0.2) is 9.69 Å². The molecule has 4 rings (SSSR count). The Morgan fingerprint density at radius 3 is 0.915 bits per heavy atom. The van der Waals surface area contributed by atoms with Crippen molar-refractivity contribution in [2.75, 3.05) is 0 Å². The van der Waals surface area contributed by atoms with Crippen molar-refractivity contribution in [2.45, 2.75) is 80.1 Å². The van der Waals surface area contributed by atoms with Crippen LogP contribution in [0.5, 0.6) is 0 Å². The second-order valence-corrected chi connectivity index (χ2v) is 23.1. The van der Waals surface area contributed by atoms with E-state index < -0.39 is 17.6 Å². The van der Waals surface area contributed by atoms with Crippen LogP contribution in [0.2, 0.25) is 52.4 Å². The van der Waals surface area contributed by atoms with E-state index in [-0.39, 0.29) is 49.5 Å². The molecule has 2 nitrogen and oxygen atoms in total. The normalized spacial score (nSPS) is 9.49. The number of para-hydroxylation sites is 2. The van der Waals surface area contributed by atoms with Crippen LogP contribution in [0, 0.1) is 55.7 Å². The van der Waals surface area contributed by atoms with E-state index in [2.05, 4.69) is 111 Å². The van der Waals surface area contributed by atoms with Crippen molar-refractivity contribution in [2.24, 2.45) is 0 Å². The molecule has 0 amide bonds. The fourth-order valence-corrected chi connectivity index (χ4v) is 13.0. The van der Waals surface area contributed by atoms with Gasteiger partial charge in [0, 0.05) is 0 Å². The van der Waals surface area contributed by atoms with Crippen LogP contribution >= 0.6 is 0 Å². The standard InChI is InChI=1S/C10H18Si2.C10H16Si2.2C9H9N.2CH3.Fe/c2*1-11(2)9-7-5-6-8-10(9)12(3)4;2*1-7-5-4-6-8(2)9(7)10-3;;;/h5-8,11-12H,1-4H3;5-8H,1-4H3;2*4-6H,1-2H3;2*1H3;/q;;;;2*-1;+4. The molecule has 0 aliphatic carbocycles. The van der Waals surface area contributed by atoms with E-state index in [1.54, 1.807) is 20.7 Å². The molecule has 4 aromatic rings. The number of benzene rings is 4. The van der Waals surface area contributed by atoms with Gasteiger partial charge in [0.25, 0.3) is 0 Å². The largest absolute Gasteiger partial charge is 4.00 e. The maximum Gasteiger partial charge on any atom is 4.00 e. The molecule has 250 valence electrons. The first kappa shape index (κ1) is 48.6. The van der Waals surface area contributed by atoms with Gasteiger partial charge in [0.2, 0.25) is 0 Å². The first-order valence-corrected chi connectivity index (χ1v) is 26.2. The fourth-order valence-electron chi connectivity index (χ4n) is 4.88. The molecule has 0 bridgehead atoms. The van der Waals surface area contributed by atoms with Crippen molar-refractivity contribution < 1.29 is 17.1 Å². The van der Waals surface area contributed by atoms with Gasteiger partial charge in [-0.1, -0.05) is 158 Å². The summed E-state index contributed by atoms with van der Waals surface area (Å²) in [6.45, 7) is 40.7. The molecule has 0 saturated carbocycles. The zero-order valence-corrected chi connectivity index (χ0v) is 36.9. The Balaban J connectivity index is -0.000000540. The number of aryl methyl sites for hydroxylation is 4. The van der Waals surface area contributed by atoms with Gasteiger partial charge < -0.3 is 14.9 Å². The Morgan fingerprint density at radius 2 is 0.723 bits per heavy atom. The first-order chi connectivity index (χ1) is 20.8. The summed E-state index contributed by atoms with van der Waals surface area (Å²) in [7, 11) is -1.70. The monoisotopic (exact) mass is 734 g/mol. The van der Waals surface area contributed by atoms with Crippen LogP contribution in [-0.2, 0) is 17.1 Å². The molecule has 0 saturated heterocycles. The van der Waals surface area contributed by atoms with E-state index in [4.69, 9.17) is 13.1 Å². The molecule has 7 heteroatoms. The molecule has 0 heterocycles. The minimum absolute atomic E-state index is 0. The number of hydrogen-bond donors (Lipinski definition) is 0. The summed E-state index contributed by atoms with van der Waals surface area (Å²) in [5.74, 6) is 0. The summed E-state index contributed by atoms with van der Waals surface area (Å²) in [4.78, 5) is 6.84. The Bertz CT molecular complexity index is 1340. The third-order valence-corrected chi connectivity index (χ3v) is 14.5. The average Bonchev–Trinajstić information content (AvgIpc) is 2.98. The molecule has 0 aromatic heterocycles. The van der Waals surface area contributed by atoms with Crippen LogP contribution in [-0.4, -0.2) is 35.2 Å². The summed E-state index contributed by atoms with van der Waals surface area (Å²) in [6.07, 6.45) is 0. The molecule has 47 heavy (non-hydrogen) atoms. The molecular weight excluding hydrogens is 677 g/mol. The van der Waals surface area contributed by atoms with E-state index in [9.17, 15) is 0 Å². The van der Waals surface area contributed by atoms with E-state index in [1.165, 1.54) is 0 Å². The summed E-state index contributed by atoms with van der Waals surface area (Å²) in [5.41, 5.74) is 5.85. The summed E-state index contributed by atoms with van der Waals surface area (Å²) in [5, 5.41) is 6.67. The molecule has 2 radical (unpaired) electrons. The van der Waals surface area contributed by atoms with Crippen LogP contribution < -0.4 is 20.7 Å². The van der Waals surface area contributed by atoms with Crippen molar-refractivity contribution in [3.8, 4) is 0 Å². The van der Waals surface area contributed by atoms with Crippen molar-refractivity contribution in [1.29, 1.82) is 0 Å². The molecule has 4 aromatic carbocycles. The molecule has 0 atom stereocenters. The van der Waals surface area contributed by atoms with Crippen LogP contribution in [0.25, 0.3) is 9.69 Å². The molecule has 0 unspecified atom stereocenters. The Labute approximate surface area is 307 Å². The van der Waals surface area contributed by atoms with Gasteiger partial charge in [0.15, 0.2) is 11.4 Å². The first-order valence-electron chi connectivity index (χ1n) is 15.4. The Morgan fingerprint density at radius 1 is 0.468 bits per heavy atom. The van der Waals surface area contributed by atoms with Gasteiger partial charge in [0.05, 0.1) is 48.3 Å². The maximum absolute atomic E-state index is 6.85. The van der Waals surface area contributed by atoms with Crippen molar-refractivity contribution in [3.05, 3.63) is 145 Å². The zero-order chi connectivity index (χ0) is 33.4. The van der Waals surface area contributed by atoms with Crippen LogP contribution in [0.15, 0.2) is 84.9 Å². The predicted octanol–water partition coefficient (Wildman–Crippen LogP) is 9.29. The minimum Gasteiger partial charge on any atom is -0.358 e. The van der Waals surface area contributed by atoms with Crippen molar-refractivity contribution >= 4 is 67.3 Å². The van der Waals surface area contributed by atoms with Gasteiger partial charge in [-0.3, -0.25) is 0 Å². The van der Waals surface area contributed by atoms with Crippen molar-refractivity contribution in [3.63, 3.8) is 0 Å². The number of rotatable bonds is 4. The molecule has 0 N–H and O–H groups in total. The quantitative estimate of drug-likeness (QED) is 0.146. The predicted molar refractivity (Wildman–Crippen MR) is 221 cm³/mol. The van der Waals surface area contributed by atoms with Gasteiger partial charge in [-0.2, -0.15) is 0 Å². The van der Waals surface area contributed by atoms with Gasteiger partial charge in [-0.15, -0.1) is 0 Å². The zero-order valence-electron chi connectivity index (χ0n) is 31.5. The number of hydrogen-bond acceptors (Lipinski definition) is 0.